The monoisotopic (exact) mass is 383 g/mol. The molecule has 0 unspecified atom stereocenters. The molecular weight excluding hydrogens is 354 g/mol. The van der Waals surface area contributed by atoms with Gasteiger partial charge in [0.25, 0.3) is 5.56 Å². The third-order valence-corrected chi connectivity index (χ3v) is 5.02. The van der Waals surface area contributed by atoms with Crippen LogP contribution in [0.15, 0.2) is 39.9 Å². The summed E-state index contributed by atoms with van der Waals surface area (Å²) in [5.41, 5.74) is 1.12. The summed E-state index contributed by atoms with van der Waals surface area (Å²) in [7, 11) is 1.65. The van der Waals surface area contributed by atoms with E-state index in [1.807, 2.05) is 34.9 Å². The Morgan fingerprint density at radius 2 is 1.68 bits per heavy atom. The fourth-order valence-electron chi connectivity index (χ4n) is 3.39. The van der Waals surface area contributed by atoms with Gasteiger partial charge in [-0.2, -0.15) is 4.98 Å². The summed E-state index contributed by atoms with van der Waals surface area (Å²) in [6, 6.07) is 10.0. The topological polar surface area (TPSA) is 75.9 Å². The molecule has 7 heteroatoms. The van der Waals surface area contributed by atoms with E-state index in [0.717, 1.165) is 50.3 Å². The summed E-state index contributed by atoms with van der Waals surface area (Å²) in [4.78, 5) is 34.2. The average Bonchev–Trinajstić information content (AvgIpc) is 3.07. The van der Waals surface area contributed by atoms with Crippen LogP contribution in [-0.4, -0.2) is 32.2 Å². The summed E-state index contributed by atoms with van der Waals surface area (Å²) in [6.45, 7) is 6.61. The van der Waals surface area contributed by atoms with E-state index < -0.39 is 11.2 Å². The van der Waals surface area contributed by atoms with Gasteiger partial charge >= 0.3 is 5.69 Å². The highest BCUT2D eigenvalue weighted by Crippen LogP contribution is 2.22. The summed E-state index contributed by atoms with van der Waals surface area (Å²) in [5, 5.41) is 0. The first kappa shape index (κ1) is 19.9. The highest BCUT2D eigenvalue weighted by Gasteiger charge is 2.21. The standard InChI is InChI=1S/C21H29N5O2/c1-4-6-13-25(14-7-5-2)20-22-18-17(19(27)23-21(28)24(18)3)26(20)15-16-11-9-8-10-12-16/h8-12H,4-7,13-15H2,1-3H3,(H,23,27,28). The van der Waals surface area contributed by atoms with Crippen LogP contribution < -0.4 is 16.1 Å². The van der Waals surface area contributed by atoms with Crippen LogP contribution in [0, 0.1) is 0 Å². The predicted octanol–water partition coefficient (Wildman–Crippen LogP) is 2.88. The van der Waals surface area contributed by atoms with E-state index in [1.165, 1.54) is 4.57 Å². The second-order valence-corrected chi connectivity index (χ2v) is 7.17. The fraction of sp³-hybridized carbons (Fsp3) is 0.476. The Hall–Kier alpha value is -2.83. The Bertz CT molecular complexity index is 1020. The maximum Gasteiger partial charge on any atom is 0.329 e. The zero-order valence-corrected chi connectivity index (χ0v) is 16.9. The second-order valence-electron chi connectivity index (χ2n) is 7.17. The van der Waals surface area contributed by atoms with Gasteiger partial charge in [0, 0.05) is 20.1 Å². The van der Waals surface area contributed by atoms with E-state index in [9.17, 15) is 9.59 Å². The third-order valence-electron chi connectivity index (χ3n) is 5.02. The van der Waals surface area contributed by atoms with E-state index in [-0.39, 0.29) is 0 Å². The summed E-state index contributed by atoms with van der Waals surface area (Å²) in [5.74, 6) is 0.757. The van der Waals surface area contributed by atoms with E-state index in [2.05, 4.69) is 23.7 Å². The molecule has 0 aliphatic heterocycles. The first-order chi connectivity index (χ1) is 13.6. The zero-order valence-electron chi connectivity index (χ0n) is 16.9. The predicted molar refractivity (Wildman–Crippen MR) is 113 cm³/mol. The highest BCUT2D eigenvalue weighted by molar-refractivity contribution is 5.74. The van der Waals surface area contributed by atoms with Crippen molar-refractivity contribution in [3.05, 3.63) is 56.7 Å². The Balaban J connectivity index is 2.20. The van der Waals surface area contributed by atoms with Crippen molar-refractivity contribution in [2.45, 2.75) is 46.1 Å². The molecule has 1 aromatic carbocycles. The molecule has 0 saturated carbocycles. The molecule has 7 nitrogen and oxygen atoms in total. The number of aromatic amines is 1. The number of hydrogen-bond acceptors (Lipinski definition) is 4. The molecule has 0 aliphatic carbocycles. The molecule has 0 bridgehead atoms. The van der Waals surface area contributed by atoms with E-state index in [1.54, 1.807) is 7.05 Å². The van der Waals surface area contributed by atoms with Gasteiger partial charge in [0.1, 0.15) is 0 Å². The largest absolute Gasteiger partial charge is 0.342 e. The average molecular weight is 383 g/mol. The maximum absolute atomic E-state index is 12.7. The zero-order chi connectivity index (χ0) is 20.1. The first-order valence-electron chi connectivity index (χ1n) is 10.0. The summed E-state index contributed by atoms with van der Waals surface area (Å²) >= 11 is 0. The Morgan fingerprint density at radius 1 is 1.04 bits per heavy atom. The number of rotatable bonds is 9. The van der Waals surface area contributed by atoms with Gasteiger partial charge in [0.15, 0.2) is 11.2 Å². The lowest BCUT2D eigenvalue weighted by Gasteiger charge is -2.24. The molecule has 0 spiro atoms. The minimum atomic E-state index is -0.443. The van der Waals surface area contributed by atoms with Gasteiger partial charge in [0.05, 0.1) is 6.54 Å². The molecule has 3 aromatic rings. The molecule has 0 saturated heterocycles. The molecule has 1 N–H and O–H groups in total. The van der Waals surface area contributed by atoms with E-state index in [0.29, 0.717) is 17.7 Å². The maximum atomic E-state index is 12.7. The molecular formula is C21H29N5O2. The lowest BCUT2D eigenvalue weighted by Crippen LogP contribution is -2.30. The van der Waals surface area contributed by atoms with Gasteiger partial charge in [-0.3, -0.25) is 18.9 Å². The number of H-pyrrole nitrogens is 1. The van der Waals surface area contributed by atoms with Gasteiger partial charge < -0.3 is 4.90 Å². The molecule has 0 atom stereocenters. The van der Waals surface area contributed by atoms with Crippen LogP contribution in [0.5, 0.6) is 0 Å². The number of nitrogens with zero attached hydrogens (tertiary/aromatic N) is 4. The van der Waals surface area contributed by atoms with Crippen molar-refractivity contribution < 1.29 is 0 Å². The van der Waals surface area contributed by atoms with Crippen LogP contribution in [-0.2, 0) is 13.6 Å². The summed E-state index contributed by atoms with van der Waals surface area (Å²) in [6.07, 6.45) is 4.27. The molecule has 0 aliphatic rings. The van der Waals surface area contributed by atoms with Gasteiger partial charge in [-0.1, -0.05) is 57.0 Å². The lowest BCUT2D eigenvalue weighted by molar-refractivity contribution is 0.645. The van der Waals surface area contributed by atoms with Crippen molar-refractivity contribution in [2.75, 3.05) is 18.0 Å². The number of nitrogens with one attached hydrogen (secondary N) is 1. The van der Waals surface area contributed by atoms with Crippen LogP contribution in [0.4, 0.5) is 5.95 Å². The first-order valence-corrected chi connectivity index (χ1v) is 10.0. The molecule has 2 heterocycles. The normalized spacial score (nSPS) is 11.2. The molecule has 0 radical (unpaired) electrons. The smallest absolute Gasteiger partial charge is 0.329 e. The van der Waals surface area contributed by atoms with Gasteiger partial charge in [-0.05, 0) is 18.4 Å². The minimum Gasteiger partial charge on any atom is -0.342 e. The molecule has 150 valence electrons. The number of imidazole rings is 1. The number of anilines is 1. The van der Waals surface area contributed by atoms with Crippen molar-refractivity contribution in [3.8, 4) is 0 Å². The minimum absolute atomic E-state index is 0.390. The Labute approximate surface area is 164 Å². The van der Waals surface area contributed by atoms with E-state index >= 15 is 0 Å². The van der Waals surface area contributed by atoms with Gasteiger partial charge in [-0.25, -0.2) is 4.79 Å². The second kappa shape index (κ2) is 8.91. The molecule has 2 aromatic heterocycles. The lowest BCUT2D eigenvalue weighted by atomic mass is 10.2. The molecule has 3 rings (SSSR count). The molecule has 0 amide bonds. The quantitative estimate of drug-likeness (QED) is 0.616. The number of aromatic nitrogens is 4. The van der Waals surface area contributed by atoms with Crippen LogP contribution in [0.25, 0.3) is 11.2 Å². The fourth-order valence-corrected chi connectivity index (χ4v) is 3.39. The van der Waals surface area contributed by atoms with Crippen LogP contribution in [0.2, 0.25) is 0 Å². The van der Waals surface area contributed by atoms with Gasteiger partial charge in [0.2, 0.25) is 5.95 Å². The SMILES string of the molecule is CCCCN(CCCC)c1nc2c(c(=O)[nH]c(=O)n2C)n1Cc1ccccc1. The third kappa shape index (κ3) is 4.03. The van der Waals surface area contributed by atoms with Gasteiger partial charge in [-0.15, -0.1) is 0 Å². The Morgan fingerprint density at radius 3 is 2.29 bits per heavy atom. The van der Waals surface area contributed by atoms with Crippen LogP contribution >= 0.6 is 0 Å². The highest BCUT2D eigenvalue weighted by atomic mass is 16.2. The van der Waals surface area contributed by atoms with Crippen molar-refractivity contribution in [2.24, 2.45) is 7.05 Å². The van der Waals surface area contributed by atoms with Crippen LogP contribution in [0.3, 0.4) is 0 Å². The van der Waals surface area contributed by atoms with Crippen molar-refractivity contribution in [3.63, 3.8) is 0 Å². The number of hydrogen-bond donors (Lipinski definition) is 1. The number of aryl methyl sites for hydroxylation is 1. The Kier molecular flexibility index (Phi) is 6.34. The van der Waals surface area contributed by atoms with Crippen molar-refractivity contribution >= 4 is 17.1 Å². The van der Waals surface area contributed by atoms with E-state index in [4.69, 9.17) is 4.98 Å². The number of benzene rings is 1. The molecule has 0 fully saturated rings. The summed E-state index contributed by atoms with van der Waals surface area (Å²) < 4.78 is 3.37. The number of fused-ring (bicyclic) bond motifs is 1. The van der Waals surface area contributed by atoms with Crippen molar-refractivity contribution in [1.29, 1.82) is 0 Å². The van der Waals surface area contributed by atoms with Crippen molar-refractivity contribution in [1.82, 2.24) is 19.1 Å². The van der Waals surface area contributed by atoms with Crippen LogP contribution in [0.1, 0.15) is 45.1 Å². The number of unbranched alkanes of at least 4 members (excludes halogenated alkanes) is 2. The molecule has 28 heavy (non-hydrogen) atoms.